The molecule has 3 heterocycles. The Labute approximate surface area is 273 Å². The van der Waals surface area contributed by atoms with E-state index in [2.05, 4.69) is 52.3 Å². The molecule has 0 spiro atoms. The lowest BCUT2D eigenvalue weighted by Gasteiger charge is -2.34. The van der Waals surface area contributed by atoms with E-state index in [1.54, 1.807) is 29.9 Å². The number of fused-ring (bicyclic) bond motifs is 1. The van der Waals surface area contributed by atoms with Crippen LogP contribution in [-0.4, -0.2) is 87.4 Å². The van der Waals surface area contributed by atoms with E-state index in [9.17, 15) is 19.1 Å². The molecule has 0 aliphatic carbocycles. The van der Waals surface area contributed by atoms with E-state index in [4.69, 9.17) is 5.73 Å². The second-order valence-electron chi connectivity index (χ2n) is 12.0. The second kappa shape index (κ2) is 15.0. The Morgan fingerprint density at radius 2 is 1.89 bits per heavy atom. The number of hydrogen-bond acceptors (Lipinski definition) is 7. The van der Waals surface area contributed by atoms with Crippen LogP contribution in [0.25, 0.3) is 10.9 Å². The van der Waals surface area contributed by atoms with Crippen molar-refractivity contribution in [3.05, 3.63) is 53.1 Å². The van der Waals surface area contributed by atoms with Gasteiger partial charge in [-0.15, -0.1) is 0 Å². The average molecular weight is 643 g/mol. The first-order valence-electron chi connectivity index (χ1n) is 15.9. The van der Waals surface area contributed by atoms with Crippen LogP contribution in [0.15, 0.2) is 41.3 Å². The minimum atomic E-state index is -1.31. The summed E-state index contributed by atoms with van der Waals surface area (Å²) in [7, 11) is 2.13. The summed E-state index contributed by atoms with van der Waals surface area (Å²) in [6.07, 6.45) is 4.63. The third kappa shape index (κ3) is 7.32. The van der Waals surface area contributed by atoms with Crippen molar-refractivity contribution < 1.29 is 13.8 Å². The fourth-order valence-electron chi connectivity index (χ4n) is 6.25. The van der Waals surface area contributed by atoms with Crippen molar-refractivity contribution in [3.63, 3.8) is 0 Å². The highest BCUT2D eigenvalue weighted by Crippen LogP contribution is 2.33. The molecule has 12 heteroatoms. The van der Waals surface area contributed by atoms with Gasteiger partial charge >= 0.3 is 6.03 Å². The topological polar surface area (TPSA) is 141 Å². The smallest absolute Gasteiger partial charge is 0.322 e. The average Bonchev–Trinajstić information content (AvgIpc) is 3.42. The number of carbonyl (C=O) groups excluding carboxylic acids is 2. The molecular weight excluding hydrogens is 600 g/mol. The number of nitrogens with zero attached hydrogens (tertiary/aromatic N) is 6. The van der Waals surface area contributed by atoms with Gasteiger partial charge in [0.2, 0.25) is 0 Å². The lowest BCUT2D eigenvalue weighted by Crippen LogP contribution is -2.40. The van der Waals surface area contributed by atoms with E-state index in [0.29, 0.717) is 40.8 Å². The van der Waals surface area contributed by atoms with Gasteiger partial charge in [-0.2, -0.15) is 10.4 Å². The van der Waals surface area contributed by atoms with Gasteiger partial charge in [0.15, 0.2) is 5.82 Å². The molecule has 2 aliphatic rings. The Balaban J connectivity index is 1.25. The number of carbonyl (C=O) groups is 2. The number of rotatable bonds is 8. The first-order valence-corrected chi connectivity index (χ1v) is 17.0. The Morgan fingerprint density at radius 3 is 2.57 bits per heavy atom. The number of amides is 2. The number of urea groups is 1. The summed E-state index contributed by atoms with van der Waals surface area (Å²) < 4.78 is 16.9. The molecular formula is C34H42N8O3S. The molecule has 2 saturated heterocycles. The molecule has 2 aliphatic heterocycles. The molecule has 11 nitrogen and oxygen atoms in total. The van der Waals surface area contributed by atoms with E-state index < -0.39 is 11.0 Å². The fraction of sp³-hybridized carbons (Fsp3) is 0.471. The number of anilines is 1. The highest BCUT2D eigenvalue weighted by molar-refractivity contribution is 7.82. The van der Waals surface area contributed by atoms with Crippen LogP contribution < -0.4 is 16.0 Å². The molecule has 2 fully saturated rings. The highest BCUT2D eigenvalue weighted by atomic mass is 32.2. The predicted molar refractivity (Wildman–Crippen MR) is 179 cm³/mol. The van der Waals surface area contributed by atoms with Crippen molar-refractivity contribution in [2.45, 2.75) is 61.9 Å². The number of piperidine rings is 2. The number of aromatic nitrogens is 2. The molecule has 0 radical (unpaired) electrons. The van der Waals surface area contributed by atoms with Gasteiger partial charge in [-0.3, -0.25) is 14.5 Å². The molecule has 3 aromatic rings. The Morgan fingerprint density at radius 1 is 1.15 bits per heavy atom. The number of nitriles is 1. The first kappa shape index (κ1) is 33.3. The zero-order valence-corrected chi connectivity index (χ0v) is 27.6. The maximum Gasteiger partial charge on any atom is 0.322 e. The number of aryl methyl sites for hydroxylation is 1. The van der Waals surface area contributed by atoms with Crippen molar-refractivity contribution in [1.82, 2.24) is 24.3 Å². The third-order valence-corrected chi connectivity index (χ3v) is 10.5. The van der Waals surface area contributed by atoms with Gasteiger partial charge in [0, 0.05) is 57.1 Å². The van der Waals surface area contributed by atoms with Crippen LogP contribution in [0.5, 0.6) is 0 Å². The number of aldehydes is 1. The largest absolute Gasteiger partial charge is 0.341 e. The van der Waals surface area contributed by atoms with Gasteiger partial charge in [-0.1, -0.05) is 17.9 Å². The van der Waals surface area contributed by atoms with Crippen LogP contribution in [0.1, 0.15) is 61.6 Å². The third-order valence-electron chi connectivity index (χ3n) is 9.05. The Bertz CT molecular complexity index is 1700. The SMILES string of the molecule is CNC(=O)N(CCC=O)c1nn(C)c2cc(C3CCN(C(C)C#Cc4cc(S(=O)N5CCC(N)CC5)ccc4C#N)CC3)ccc12. The Kier molecular flexibility index (Phi) is 10.9. The minimum absolute atomic E-state index is 0.00518. The molecule has 0 saturated carbocycles. The van der Waals surface area contributed by atoms with E-state index in [1.807, 2.05) is 17.4 Å². The van der Waals surface area contributed by atoms with Crippen molar-refractivity contribution in [2.24, 2.45) is 12.8 Å². The van der Waals surface area contributed by atoms with Crippen molar-refractivity contribution in [1.29, 1.82) is 5.26 Å². The first-order chi connectivity index (χ1) is 22.2. The lowest BCUT2D eigenvalue weighted by molar-refractivity contribution is -0.107. The molecule has 242 valence electrons. The van der Waals surface area contributed by atoms with Crippen LogP contribution in [0.3, 0.4) is 0 Å². The number of nitrogens with two attached hydrogens (primary N) is 1. The van der Waals surface area contributed by atoms with E-state index in [-0.39, 0.29) is 31.1 Å². The second-order valence-corrected chi connectivity index (χ2v) is 13.5. The predicted octanol–water partition coefficient (Wildman–Crippen LogP) is 3.25. The summed E-state index contributed by atoms with van der Waals surface area (Å²) in [5.41, 5.74) is 9.28. The number of likely N-dealkylation sites (tertiary alicyclic amines) is 1. The molecule has 2 aromatic carbocycles. The monoisotopic (exact) mass is 642 g/mol. The quantitative estimate of drug-likeness (QED) is 0.284. The lowest BCUT2D eigenvalue weighted by atomic mass is 9.88. The summed E-state index contributed by atoms with van der Waals surface area (Å²) in [5, 5.41) is 17.8. The summed E-state index contributed by atoms with van der Waals surface area (Å²) in [4.78, 5) is 28.1. The Hall–Kier alpha value is -4.07. The zero-order chi connectivity index (χ0) is 32.8. The van der Waals surface area contributed by atoms with E-state index in [1.165, 1.54) is 10.5 Å². The summed E-state index contributed by atoms with van der Waals surface area (Å²) in [6.45, 7) is 5.50. The molecule has 2 unspecified atom stereocenters. The standard InChI is InChI=1S/C34H42N8O3S/c1-24(5-6-26-21-30(9-7-28(26)23-35)46(45)41-18-13-29(36)14-19-41)40-16-11-25(12-17-40)27-8-10-31-32(22-27)39(3)38-33(31)42(15-4-20-43)34(44)37-2/h7-10,20-22,24-25,29H,4,11-19,36H2,1-3H3,(H,37,44). The number of nitrogens with one attached hydrogen (secondary N) is 1. The number of benzene rings is 2. The van der Waals surface area contributed by atoms with Crippen LogP contribution in [0, 0.1) is 23.2 Å². The fourth-order valence-corrected chi connectivity index (χ4v) is 7.49. The van der Waals surface area contributed by atoms with Crippen molar-refractivity contribution >= 4 is 40.0 Å². The van der Waals surface area contributed by atoms with Gasteiger partial charge < -0.3 is 15.8 Å². The zero-order valence-electron chi connectivity index (χ0n) is 26.7. The molecule has 1 aromatic heterocycles. The molecule has 5 rings (SSSR count). The molecule has 0 bridgehead atoms. The molecule has 2 atom stereocenters. The summed E-state index contributed by atoms with van der Waals surface area (Å²) >= 11 is 0. The maximum atomic E-state index is 13.2. The minimum Gasteiger partial charge on any atom is -0.341 e. The molecule has 46 heavy (non-hydrogen) atoms. The van der Waals surface area contributed by atoms with Crippen LogP contribution in [-0.2, 0) is 22.8 Å². The van der Waals surface area contributed by atoms with Crippen LogP contribution in [0.2, 0.25) is 0 Å². The van der Waals surface area contributed by atoms with E-state index in [0.717, 1.165) is 56.0 Å². The maximum absolute atomic E-state index is 13.2. The molecule has 2 amide bonds. The summed E-state index contributed by atoms with van der Waals surface area (Å²) in [6, 6.07) is 13.7. The van der Waals surface area contributed by atoms with Crippen LogP contribution in [0.4, 0.5) is 10.6 Å². The van der Waals surface area contributed by atoms with Gasteiger partial charge in [0.1, 0.15) is 23.3 Å². The molecule has 3 N–H and O–H groups in total. The van der Waals surface area contributed by atoms with Crippen molar-refractivity contribution in [3.8, 4) is 17.9 Å². The highest BCUT2D eigenvalue weighted by Gasteiger charge is 2.26. The van der Waals surface area contributed by atoms with E-state index >= 15 is 0 Å². The number of hydrogen-bond donors (Lipinski definition) is 2. The van der Waals surface area contributed by atoms with Crippen LogP contribution >= 0.6 is 0 Å². The summed E-state index contributed by atoms with van der Waals surface area (Å²) in [5.74, 6) is 7.49. The van der Waals surface area contributed by atoms with Gasteiger partial charge in [-0.05, 0) is 87.5 Å². The van der Waals surface area contributed by atoms with Gasteiger partial charge in [0.25, 0.3) is 0 Å². The van der Waals surface area contributed by atoms with Gasteiger partial charge in [0.05, 0.1) is 22.0 Å². The van der Waals surface area contributed by atoms with Crippen molar-refractivity contribution in [2.75, 3.05) is 44.7 Å². The van der Waals surface area contributed by atoms with Gasteiger partial charge in [-0.25, -0.2) is 13.3 Å². The normalized spacial score (nSPS) is 17.9.